The van der Waals surface area contributed by atoms with Gasteiger partial charge in [0.1, 0.15) is 12.4 Å². The van der Waals surface area contributed by atoms with Crippen LogP contribution < -0.4 is 10.1 Å². The molecule has 0 saturated heterocycles. The molecule has 1 N–H and O–H groups in total. The van der Waals surface area contributed by atoms with Gasteiger partial charge in [0, 0.05) is 11.6 Å². The second kappa shape index (κ2) is 8.06. The summed E-state index contributed by atoms with van der Waals surface area (Å²) in [5.41, 5.74) is 3.62. The quantitative estimate of drug-likeness (QED) is 0.807. The minimum Gasteiger partial charge on any atom is -0.489 e. The number of benzene rings is 2. The maximum Gasteiger partial charge on any atom is 0.120 e. The molecule has 21 heavy (non-hydrogen) atoms. The van der Waals surface area contributed by atoms with Crippen molar-refractivity contribution in [2.45, 2.75) is 33.4 Å². The number of halogens is 1. The number of nitrogens with one attached hydrogen (secondary N) is 1. The molecule has 0 radical (unpaired) electrons. The Hall–Kier alpha value is -1.51. The van der Waals surface area contributed by atoms with Gasteiger partial charge < -0.3 is 10.1 Å². The van der Waals surface area contributed by atoms with Crippen molar-refractivity contribution in [3.05, 3.63) is 64.2 Å². The predicted octanol–water partition coefficient (Wildman–Crippen LogP) is 4.59. The molecule has 0 aliphatic rings. The Balaban J connectivity index is 2.06. The molecule has 0 spiro atoms. The molecule has 2 nitrogen and oxygen atoms in total. The lowest BCUT2D eigenvalue weighted by atomic mass is 10.1. The second-order valence-corrected chi connectivity index (χ2v) is 5.35. The van der Waals surface area contributed by atoms with Gasteiger partial charge in [-0.3, -0.25) is 0 Å². The Bertz CT molecular complexity index is 583. The number of ether oxygens (including phenoxy) is 1. The zero-order chi connectivity index (χ0) is 15.1. The van der Waals surface area contributed by atoms with Gasteiger partial charge in [0.15, 0.2) is 0 Å². The highest BCUT2D eigenvalue weighted by Crippen LogP contribution is 2.23. The fourth-order valence-corrected chi connectivity index (χ4v) is 2.45. The lowest BCUT2D eigenvalue weighted by Crippen LogP contribution is -2.13. The molecule has 0 heterocycles. The summed E-state index contributed by atoms with van der Waals surface area (Å²) in [5.74, 6) is 0.870. The van der Waals surface area contributed by atoms with Gasteiger partial charge in [0.2, 0.25) is 0 Å². The van der Waals surface area contributed by atoms with Gasteiger partial charge in [-0.05, 0) is 47.9 Å². The van der Waals surface area contributed by atoms with Gasteiger partial charge >= 0.3 is 0 Å². The molecule has 0 aliphatic carbocycles. The van der Waals surface area contributed by atoms with E-state index in [1.165, 1.54) is 11.1 Å². The van der Waals surface area contributed by atoms with Crippen LogP contribution in [0.25, 0.3) is 0 Å². The second-order valence-electron chi connectivity index (χ2n) is 4.94. The maximum atomic E-state index is 6.13. The minimum atomic E-state index is 0.576. The third-order valence-corrected chi connectivity index (χ3v) is 3.84. The van der Waals surface area contributed by atoms with Crippen molar-refractivity contribution in [1.82, 2.24) is 5.32 Å². The lowest BCUT2D eigenvalue weighted by Gasteiger charge is -2.12. The highest BCUT2D eigenvalue weighted by atomic mass is 35.5. The van der Waals surface area contributed by atoms with E-state index in [9.17, 15) is 0 Å². The first-order valence-electron chi connectivity index (χ1n) is 7.43. The zero-order valence-corrected chi connectivity index (χ0v) is 13.4. The van der Waals surface area contributed by atoms with Crippen LogP contribution in [-0.4, -0.2) is 6.54 Å². The number of aryl methyl sites for hydroxylation is 1. The Labute approximate surface area is 132 Å². The van der Waals surface area contributed by atoms with E-state index in [0.29, 0.717) is 6.61 Å². The van der Waals surface area contributed by atoms with Crippen molar-refractivity contribution in [2.75, 3.05) is 6.54 Å². The fourth-order valence-electron chi connectivity index (χ4n) is 2.20. The van der Waals surface area contributed by atoms with E-state index in [1.807, 2.05) is 24.3 Å². The van der Waals surface area contributed by atoms with Crippen LogP contribution in [0.4, 0.5) is 0 Å². The maximum absolute atomic E-state index is 6.13. The summed E-state index contributed by atoms with van der Waals surface area (Å²) in [6, 6.07) is 14.2. The molecule has 2 aromatic carbocycles. The summed E-state index contributed by atoms with van der Waals surface area (Å²) in [6.45, 7) is 6.62. The van der Waals surface area contributed by atoms with Crippen LogP contribution in [0.15, 0.2) is 42.5 Å². The van der Waals surface area contributed by atoms with Gasteiger partial charge in [0.25, 0.3) is 0 Å². The average Bonchev–Trinajstić information content (AvgIpc) is 2.53. The first kappa shape index (κ1) is 15.9. The van der Waals surface area contributed by atoms with Crippen molar-refractivity contribution < 1.29 is 4.74 Å². The Morgan fingerprint density at radius 2 is 1.76 bits per heavy atom. The van der Waals surface area contributed by atoms with Crippen LogP contribution in [0.2, 0.25) is 5.02 Å². The predicted molar refractivity (Wildman–Crippen MR) is 89.0 cm³/mol. The Kier molecular flexibility index (Phi) is 6.09. The molecule has 0 atom stereocenters. The van der Waals surface area contributed by atoms with Crippen LogP contribution in [0.3, 0.4) is 0 Å². The molecular formula is C18H22ClNO. The van der Waals surface area contributed by atoms with Crippen molar-refractivity contribution >= 4 is 11.6 Å². The van der Waals surface area contributed by atoms with E-state index in [1.54, 1.807) is 0 Å². The van der Waals surface area contributed by atoms with Crippen molar-refractivity contribution in [1.29, 1.82) is 0 Å². The van der Waals surface area contributed by atoms with Crippen molar-refractivity contribution in [2.24, 2.45) is 0 Å². The van der Waals surface area contributed by atoms with Crippen molar-refractivity contribution in [3.8, 4) is 5.75 Å². The molecule has 2 rings (SSSR count). The summed E-state index contributed by atoms with van der Waals surface area (Å²) >= 11 is 6.13. The van der Waals surface area contributed by atoms with Gasteiger partial charge in [-0.25, -0.2) is 0 Å². The molecule has 0 aliphatic heterocycles. The standard InChI is InChI=1S/C18H22ClNO/c1-3-14-11-17(9-10-18(14)19)21-13-16-8-6-5-7-15(16)12-20-4-2/h5-11,20H,3-4,12-13H2,1-2H3. The SMILES string of the molecule is CCNCc1ccccc1COc1ccc(Cl)c(CC)c1. The summed E-state index contributed by atoms with van der Waals surface area (Å²) in [7, 11) is 0. The van der Waals surface area contributed by atoms with E-state index < -0.39 is 0 Å². The molecule has 0 bridgehead atoms. The number of hydrogen-bond acceptors (Lipinski definition) is 2. The van der Waals surface area contributed by atoms with Gasteiger partial charge in [-0.2, -0.15) is 0 Å². The number of hydrogen-bond donors (Lipinski definition) is 1. The smallest absolute Gasteiger partial charge is 0.120 e. The molecule has 0 fully saturated rings. The van der Waals surface area contributed by atoms with E-state index in [0.717, 1.165) is 35.8 Å². The van der Waals surface area contributed by atoms with Gasteiger partial charge in [-0.15, -0.1) is 0 Å². The van der Waals surface area contributed by atoms with Crippen molar-refractivity contribution in [3.63, 3.8) is 0 Å². The fraction of sp³-hybridized carbons (Fsp3) is 0.333. The third-order valence-electron chi connectivity index (χ3n) is 3.48. The molecule has 0 aromatic heterocycles. The summed E-state index contributed by atoms with van der Waals surface area (Å²) in [4.78, 5) is 0. The minimum absolute atomic E-state index is 0.576. The molecule has 2 aromatic rings. The van der Waals surface area contributed by atoms with Crippen LogP contribution in [0.5, 0.6) is 5.75 Å². The van der Waals surface area contributed by atoms with Crippen LogP contribution in [-0.2, 0) is 19.6 Å². The monoisotopic (exact) mass is 303 g/mol. The van der Waals surface area contributed by atoms with Crippen LogP contribution in [0.1, 0.15) is 30.5 Å². The summed E-state index contributed by atoms with van der Waals surface area (Å²) in [5, 5.41) is 4.16. The van der Waals surface area contributed by atoms with E-state index >= 15 is 0 Å². The highest BCUT2D eigenvalue weighted by molar-refractivity contribution is 6.31. The lowest BCUT2D eigenvalue weighted by molar-refractivity contribution is 0.304. The molecule has 112 valence electrons. The molecule has 0 amide bonds. The largest absolute Gasteiger partial charge is 0.489 e. The van der Waals surface area contributed by atoms with Crippen LogP contribution >= 0.6 is 11.6 Å². The third kappa shape index (κ3) is 4.48. The molecule has 0 unspecified atom stereocenters. The summed E-state index contributed by atoms with van der Waals surface area (Å²) < 4.78 is 5.92. The van der Waals surface area contributed by atoms with Gasteiger partial charge in [0.05, 0.1) is 0 Å². The topological polar surface area (TPSA) is 21.3 Å². The van der Waals surface area contributed by atoms with E-state index in [2.05, 4.69) is 37.4 Å². The first-order chi connectivity index (χ1) is 10.2. The molecule has 0 saturated carbocycles. The Morgan fingerprint density at radius 3 is 2.48 bits per heavy atom. The molecular weight excluding hydrogens is 282 g/mol. The van der Waals surface area contributed by atoms with E-state index in [-0.39, 0.29) is 0 Å². The summed E-state index contributed by atoms with van der Waals surface area (Å²) in [6.07, 6.45) is 0.910. The molecule has 3 heteroatoms. The zero-order valence-electron chi connectivity index (χ0n) is 12.7. The normalized spacial score (nSPS) is 10.6. The van der Waals surface area contributed by atoms with Gasteiger partial charge in [-0.1, -0.05) is 49.7 Å². The average molecular weight is 304 g/mol. The van der Waals surface area contributed by atoms with Crippen LogP contribution in [0, 0.1) is 0 Å². The van der Waals surface area contributed by atoms with E-state index in [4.69, 9.17) is 16.3 Å². The Morgan fingerprint density at radius 1 is 1.00 bits per heavy atom. The first-order valence-corrected chi connectivity index (χ1v) is 7.81. The number of rotatable bonds is 7. The highest BCUT2D eigenvalue weighted by Gasteiger charge is 2.04.